The van der Waals surface area contributed by atoms with E-state index in [2.05, 4.69) is 0 Å². The van der Waals surface area contributed by atoms with Gasteiger partial charge >= 0.3 is 5.97 Å². The summed E-state index contributed by atoms with van der Waals surface area (Å²) < 4.78 is 4.83. The van der Waals surface area contributed by atoms with Crippen molar-refractivity contribution < 1.29 is 50.1 Å². The maximum absolute atomic E-state index is 10.6. The smallest absolute Gasteiger partial charge is 0.303 e. The Bertz CT molecular complexity index is 320. The molecule has 156 valence electrons. The van der Waals surface area contributed by atoms with Crippen LogP contribution in [0.5, 0.6) is 0 Å². The minimum atomic E-state index is -0.745. The molecule has 0 rings (SSSR count). The molecule has 0 spiro atoms. The molecule has 0 fully saturated rings. The number of carbonyl (C=O) groups excluding carboxylic acids is 3. The molecule has 0 aliphatic heterocycles. The fourth-order valence-electron chi connectivity index (χ4n) is 1.11. The molecule has 0 aromatic carbocycles. The minimum Gasteiger partial charge on any atom is -0.481 e. The van der Waals surface area contributed by atoms with Gasteiger partial charge in [0.05, 0.1) is 13.1 Å². The summed E-state index contributed by atoms with van der Waals surface area (Å²) in [7, 11) is 0. The van der Waals surface area contributed by atoms with Gasteiger partial charge in [0.15, 0.2) is 0 Å². The van der Waals surface area contributed by atoms with Gasteiger partial charge in [0.1, 0.15) is 17.9 Å². The maximum Gasteiger partial charge on any atom is 0.303 e. The SMILES string of the molecule is CCC(=O)O.CCC=O.CCN(CC(C)=O)CC(C)=O.CCOCC.[W]. The van der Waals surface area contributed by atoms with E-state index in [9.17, 15) is 19.2 Å². The molecule has 26 heavy (non-hydrogen) atoms. The van der Waals surface area contributed by atoms with Crippen molar-refractivity contribution in [2.24, 2.45) is 0 Å². The summed E-state index contributed by atoms with van der Waals surface area (Å²) >= 11 is 0. The topological polar surface area (TPSA) is 101 Å². The summed E-state index contributed by atoms with van der Waals surface area (Å²) in [6.07, 6.45) is 1.74. The molecule has 0 aromatic heterocycles. The number of ketones is 2. The van der Waals surface area contributed by atoms with E-state index in [1.807, 2.05) is 32.6 Å². The monoisotopic (exact) mass is 547 g/mol. The van der Waals surface area contributed by atoms with Crippen LogP contribution in [0.15, 0.2) is 0 Å². The first-order valence-electron chi connectivity index (χ1n) is 8.60. The van der Waals surface area contributed by atoms with Crippen molar-refractivity contribution in [3.05, 3.63) is 0 Å². The molecule has 0 aliphatic carbocycles. The number of Topliss-reactive ketones (excluding diaryl/α,β-unsaturated/α-hetero) is 2. The van der Waals surface area contributed by atoms with Gasteiger partial charge in [-0.1, -0.05) is 20.8 Å². The van der Waals surface area contributed by atoms with E-state index in [1.54, 1.807) is 6.92 Å². The van der Waals surface area contributed by atoms with Crippen molar-refractivity contribution in [3.8, 4) is 0 Å². The summed E-state index contributed by atoms with van der Waals surface area (Å²) in [5, 5.41) is 7.72. The number of aldehydes is 1. The molecule has 7 nitrogen and oxygen atoms in total. The first kappa shape index (κ1) is 36.1. The third kappa shape index (κ3) is 56.8. The number of carboxylic acid groups (broad SMARTS) is 1. The molecule has 0 aromatic rings. The van der Waals surface area contributed by atoms with Crippen molar-refractivity contribution in [1.29, 1.82) is 0 Å². The van der Waals surface area contributed by atoms with Gasteiger partial charge < -0.3 is 14.6 Å². The predicted molar refractivity (Wildman–Crippen MR) is 99.9 cm³/mol. The van der Waals surface area contributed by atoms with E-state index >= 15 is 0 Å². The number of rotatable bonds is 9. The second-order valence-corrected chi connectivity index (χ2v) is 4.81. The molecule has 0 amide bonds. The Morgan fingerprint density at radius 2 is 1.23 bits per heavy atom. The molecule has 0 saturated heterocycles. The van der Waals surface area contributed by atoms with Crippen molar-refractivity contribution in [1.82, 2.24) is 4.90 Å². The molecular formula is C18H37NO6W. The second-order valence-electron chi connectivity index (χ2n) is 4.81. The van der Waals surface area contributed by atoms with Crippen LogP contribution >= 0.6 is 0 Å². The number of carbonyl (C=O) groups is 4. The van der Waals surface area contributed by atoms with Crippen LogP contribution in [0.2, 0.25) is 0 Å². The van der Waals surface area contributed by atoms with Gasteiger partial charge in [0, 0.05) is 47.1 Å². The van der Waals surface area contributed by atoms with Gasteiger partial charge in [0.2, 0.25) is 0 Å². The third-order valence-corrected chi connectivity index (χ3v) is 2.22. The van der Waals surface area contributed by atoms with Crippen molar-refractivity contribution in [3.63, 3.8) is 0 Å². The minimum absolute atomic E-state index is 0. The molecule has 8 heteroatoms. The van der Waals surface area contributed by atoms with Crippen LogP contribution in [-0.2, 0) is 45.0 Å². The zero-order valence-corrected chi connectivity index (χ0v) is 20.3. The second kappa shape index (κ2) is 31.8. The molecule has 0 aliphatic rings. The van der Waals surface area contributed by atoms with Crippen LogP contribution < -0.4 is 0 Å². The molecule has 0 radical (unpaired) electrons. The standard InChI is InChI=1S/C8H15NO2.C4H10O.C3H6O2.C3H6O.W/c1-4-9(5-7(2)10)6-8(3)11;1-3-5-4-2;1-2-3(4)5;1-2-3-4;/h4-6H2,1-3H3;3-4H2,1-2H3;2H2,1H3,(H,4,5);3H,2H2,1H3;. The van der Waals surface area contributed by atoms with Gasteiger partial charge in [-0.05, 0) is 34.2 Å². The summed E-state index contributed by atoms with van der Waals surface area (Å²) in [4.78, 5) is 41.6. The van der Waals surface area contributed by atoms with Crippen LogP contribution in [0.4, 0.5) is 0 Å². The number of aliphatic carboxylic acids is 1. The number of nitrogens with zero attached hydrogens (tertiary/aromatic N) is 1. The number of hydrogen-bond donors (Lipinski definition) is 1. The van der Waals surface area contributed by atoms with E-state index in [4.69, 9.17) is 9.84 Å². The number of likely N-dealkylation sites (N-methyl/N-ethyl adjacent to an activating group) is 1. The summed E-state index contributed by atoms with van der Waals surface area (Å²) in [5.41, 5.74) is 0. The van der Waals surface area contributed by atoms with E-state index in [0.29, 0.717) is 19.5 Å². The van der Waals surface area contributed by atoms with Crippen LogP contribution in [0.25, 0.3) is 0 Å². The normalized spacial score (nSPS) is 8.31. The Morgan fingerprint density at radius 3 is 1.31 bits per heavy atom. The molecule has 1 N–H and O–H groups in total. The Kier molecular flexibility index (Phi) is 44.1. The Morgan fingerprint density at radius 1 is 0.923 bits per heavy atom. The first-order valence-corrected chi connectivity index (χ1v) is 8.60. The number of hydrogen-bond acceptors (Lipinski definition) is 6. The van der Waals surface area contributed by atoms with Crippen LogP contribution in [0, 0.1) is 0 Å². The summed E-state index contributed by atoms with van der Waals surface area (Å²) in [6.45, 7) is 15.6. The fraction of sp³-hybridized carbons (Fsp3) is 0.778. The van der Waals surface area contributed by atoms with E-state index in [1.165, 1.54) is 13.8 Å². The Labute approximate surface area is 173 Å². The molecule has 0 heterocycles. The Balaban J connectivity index is -0.0000000829. The number of ether oxygens (including phenoxy) is 1. The predicted octanol–water partition coefficient (Wildman–Crippen LogP) is 2.60. The molecule has 0 bridgehead atoms. The summed E-state index contributed by atoms with van der Waals surface area (Å²) in [6, 6.07) is 0. The zero-order valence-electron chi connectivity index (χ0n) is 17.4. The molecule has 0 atom stereocenters. The van der Waals surface area contributed by atoms with Gasteiger partial charge in [0.25, 0.3) is 0 Å². The van der Waals surface area contributed by atoms with E-state index in [0.717, 1.165) is 26.0 Å². The fourth-order valence-corrected chi connectivity index (χ4v) is 1.11. The van der Waals surface area contributed by atoms with E-state index < -0.39 is 5.97 Å². The summed E-state index contributed by atoms with van der Waals surface area (Å²) in [5.74, 6) is -0.536. The third-order valence-electron chi connectivity index (χ3n) is 2.22. The zero-order chi connectivity index (χ0) is 20.7. The van der Waals surface area contributed by atoms with Gasteiger partial charge in [-0.25, -0.2) is 0 Å². The molecular weight excluding hydrogens is 510 g/mol. The van der Waals surface area contributed by atoms with Crippen molar-refractivity contribution in [2.45, 2.75) is 61.3 Å². The number of carboxylic acids is 1. The quantitative estimate of drug-likeness (QED) is 0.443. The first-order chi connectivity index (χ1) is 11.7. The average molecular weight is 547 g/mol. The van der Waals surface area contributed by atoms with Gasteiger partial charge in [-0.15, -0.1) is 0 Å². The van der Waals surface area contributed by atoms with Crippen molar-refractivity contribution in [2.75, 3.05) is 32.8 Å². The Hall–Kier alpha value is -0.912. The van der Waals surface area contributed by atoms with Crippen molar-refractivity contribution >= 4 is 23.8 Å². The molecule has 0 unspecified atom stereocenters. The maximum atomic E-state index is 10.6. The average Bonchev–Trinajstić information content (AvgIpc) is 2.55. The van der Waals surface area contributed by atoms with E-state index in [-0.39, 0.29) is 39.1 Å². The largest absolute Gasteiger partial charge is 0.481 e. The van der Waals surface area contributed by atoms with Crippen LogP contribution in [0.1, 0.15) is 61.3 Å². The van der Waals surface area contributed by atoms with Gasteiger partial charge in [-0.3, -0.25) is 19.3 Å². The van der Waals surface area contributed by atoms with Gasteiger partial charge in [-0.2, -0.15) is 0 Å². The molecule has 0 saturated carbocycles. The van der Waals surface area contributed by atoms with Crippen LogP contribution in [-0.4, -0.2) is 66.7 Å². The van der Waals surface area contributed by atoms with Crippen LogP contribution in [0.3, 0.4) is 0 Å².